The highest BCUT2D eigenvalue weighted by Gasteiger charge is 2.20. The van der Waals surface area contributed by atoms with Crippen molar-refractivity contribution >= 4 is 27.2 Å². The Morgan fingerprint density at radius 3 is 2.47 bits per heavy atom. The molecule has 1 heterocycles. The van der Waals surface area contributed by atoms with Gasteiger partial charge in [-0.2, -0.15) is 0 Å². The Balaban J connectivity index is 2.93. The first-order valence-corrected chi connectivity index (χ1v) is 4.94. The molecule has 78 valence electrons. The van der Waals surface area contributed by atoms with Crippen molar-refractivity contribution in [3.8, 4) is 5.75 Å². The van der Waals surface area contributed by atoms with E-state index in [1.54, 1.807) is 0 Å². The van der Waals surface area contributed by atoms with Crippen LogP contribution in [0.5, 0.6) is 5.75 Å². The second-order valence-electron chi connectivity index (χ2n) is 3.07. The molecule has 0 saturated carbocycles. The van der Waals surface area contributed by atoms with E-state index in [9.17, 15) is 18.7 Å². The molecule has 0 bridgehead atoms. The summed E-state index contributed by atoms with van der Waals surface area (Å²) in [4.78, 5) is 11.0. The van der Waals surface area contributed by atoms with Gasteiger partial charge in [-0.05, 0) is 12.1 Å². The Morgan fingerprint density at radius 2 is 1.93 bits per heavy atom. The lowest BCUT2D eigenvalue weighted by molar-refractivity contribution is 0.101. The van der Waals surface area contributed by atoms with E-state index in [2.05, 4.69) is 0 Å². The summed E-state index contributed by atoms with van der Waals surface area (Å²) >= 11 is 0.758. The van der Waals surface area contributed by atoms with Crippen LogP contribution in [0.1, 0.15) is 16.6 Å². The molecule has 0 aliphatic heterocycles. The summed E-state index contributed by atoms with van der Waals surface area (Å²) in [6.45, 7) is 1.24. The van der Waals surface area contributed by atoms with Crippen LogP contribution in [-0.2, 0) is 0 Å². The molecular weight excluding hydrogens is 222 g/mol. The highest BCUT2D eigenvalue weighted by Crippen LogP contribution is 2.39. The van der Waals surface area contributed by atoms with Crippen molar-refractivity contribution in [3.63, 3.8) is 0 Å². The van der Waals surface area contributed by atoms with Gasteiger partial charge in [0.25, 0.3) is 0 Å². The predicted octanol–water partition coefficient (Wildman–Crippen LogP) is 3.09. The van der Waals surface area contributed by atoms with Crippen LogP contribution in [0.4, 0.5) is 8.78 Å². The third kappa shape index (κ3) is 1.39. The lowest BCUT2D eigenvalue weighted by Crippen LogP contribution is -1.86. The molecule has 2 rings (SSSR count). The summed E-state index contributed by atoms with van der Waals surface area (Å²) in [6, 6.07) is 1.89. The number of benzene rings is 1. The Kier molecular flexibility index (Phi) is 2.19. The number of carbonyl (C=O) groups excluding carboxylic acids is 1. The number of rotatable bonds is 1. The van der Waals surface area contributed by atoms with Gasteiger partial charge in [0.05, 0.1) is 10.1 Å². The van der Waals surface area contributed by atoms with E-state index < -0.39 is 23.2 Å². The number of aromatic hydroxyl groups is 1. The molecule has 2 aromatic rings. The fraction of sp³-hybridized carbons (Fsp3) is 0.100. The molecule has 0 unspecified atom stereocenters. The van der Waals surface area contributed by atoms with Crippen LogP contribution in [0.3, 0.4) is 0 Å². The summed E-state index contributed by atoms with van der Waals surface area (Å²) in [5, 5.41) is 9.33. The molecule has 2 nitrogen and oxygen atoms in total. The number of ketones is 1. The minimum absolute atomic E-state index is 0.0194. The molecule has 1 aromatic carbocycles. The van der Waals surface area contributed by atoms with Gasteiger partial charge in [0.2, 0.25) is 0 Å². The van der Waals surface area contributed by atoms with Crippen LogP contribution in [0, 0.1) is 11.6 Å². The number of Topliss-reactive ketones (excluding diaryl/α,β-unsaturated/α-hetero) is 1. The molecular formula is C10H6F2O2S. The van der Waals surface area contributed by atoms with Gasteiger partial charge in [-0.25, -0.2) is 8.78 Å². The number of carbonyl (C=O) groups is 1. The molecule has 0 aliphatic rings. The monoisotopic (exact) mass is 228 g/mol. The Hall–Kier alpha value is -1.49. The molecule has 0 atom stereocenters. The number of fused-ring (bicyclic) bond motifs is 1. The van der Waals surface area contributed by atoms with E-state index in [4.69, 9.17) is 0 Å². The van der Waals surface area contributed by atoms with Crippen molar-refractivity contribution < 1.29 is 18.7 Å². The minimum atomic E-state index is -0.729. The van der Waals surface area contributed by atoms with E-state index in [1.807, 2.05) is 0 Å². The number of halogens is 2. The topological polar surface area (TPSA) is 37.3 Å². The van der Waals surface area contributed by atoms with Gasteiger partial charge < -0.3 is 5.11 Å². The summed E-state index contributed by atoms with van der Waals surface area (Å²) < 4.78 is 26.5. The quantitative estimate of drug-likeness (QED) is 0.761. The highest BCUT2D eigenvalue weighted by atomic mass is 32.1. The lowest BCUT2D eigenvalue weighted by atomic mass is 10.2. The third-order valence-electron chi connectivity index (χ3n) is 2.03. The fourth-order valence-electron chi connectivity index (χ4n) is 1.36. The summed E-state index contributed by atoms with van der Waals surface area (Å²) in [7, 11) is 0. The smallest absolute Gasteiger partial charge is 0.173 e. The normalized spacial score (nSPS) is 10.9. The van der Waals surface area contributed by atoms with E-state index in [1.165, 1.54) is 6.92 Å². The van der Waals surface area contributed by atoms with Crippen LogP contribution in [0.2, 0.25) is 0 Å². The second kappa shape index (κ2) is 3.27. The SMILES string of the molecule is CC(=O)c1sc2c(F)ccc(F)c2c1O. The predicted molar refractivity (Wildman–Crippen MR) is 53.4 cm³/mol. The van der Waals surface area contributed by atoms with Crippen LogP contribution in [-0.4, -0.2) is 10.9 Å². The van der Waals surface area contributed by atoms with E-state index >= 15 is 0 Å². The first-order valence-electron chi connectivity index (χ1n) is 4.12. The lowest BCUT2D eigenvalue weighted by Gasteiger charge is -1.94. The van der Waals surface area contributed by atoms with Crippen molar-refractivity contribution in [2.24, 2.45) is 0 Å². The maximum atomic E-state index is 13.3. The highest BCUT2D eigenvalue weighted by molar-refractivity contribution is 7.21. The molecule has 0 aliphatic carbocycles. The maximum Gasteiger partial charge on any atom is 0.173 e. The van der Waals surface area contributed by atoms with Gasteiger partial charge in [0.15, 0.2) is 5.78 Å². The van der Waals surface area contributed by atoms with Gasteiger partial charge in [0, 0.05) is 6.92 Å². The van der Waals surface area contributed by atoms with E-state index in [0.717, 1.165) is 23.5 Å². The van der Waals surface area contributed by atoms with Crippen LogP contribution in [0.15, 0.2) is 12.1 Å². The summed E-state index contributed by atoms with van der Waals surface area (Å²) in [5.74, 6) is -2.25. The molecule has 1 N–H and O–H groups in total. The summed E-state index contributed by atoms with van der Waals surface area (Å²) in [6.07, 6.45) is 0. The van der Waals surface area contributed by atoms with Gasteiger partial charge in [0.1, 0.15) is 22.3 Å². The Morgan fingerprint density at radius 1 is 1.33 bits per heavy atom. The van der Waals surface area contributed by atoms with Crippen molar-refractivity contribution in [3.05, 3.63) is 28.6 Å². The Bertz CT molecular complexity index is 560. The van der Waals surface area contributed by atoms with E-state index in [-0.39, 0.29) is 15.0 Å². The van der Waals surface area contributed by atoms with Crippen molar-refractivity contribution in [2.45, 2.75) is 6.92 Å². The fourth-order valence-corrected chi connectivity index (χ4v) is 2.36. The Labute approximate surface area is 87.8 Å². The van der Waals surface area contributed by atoms with Gasteiger partial charge >= 0.3 is 0 Å². The average molecular weight is 228 g/mol. The first-order chi connectivity index (χ1) is 7.02. The third-order valence-corrected chi connectivity index (χ3v) is 3.32. The molecule has 1 aromatic heterocycles. The molecule has 0 fully saturated rings. The maximum absolute atomic E-state index is 13.3. The van der Waals surface area contributed by atoms with Gasteiger partial charge in [-0.1, -0.05) is 0 Å². The minimum Gasteiger partial charge on any atom is -0.506 e. The molecule has 0 radical (unpaired) electrons. The number of thiophene rings is 1. The first kappa shape index (κ1) is 10.0. The standard InChI is InChI=1S/C10H6F2O2S/c1-4(13)9-8(14)7-5(11)2-3-6(12)10(7)15-9/h2-3,14H,1H3. The molecule has 0 amide bonds. The summed E-state index contributed by atoms with van der Waals surface area (Å²) in [5.41, 5.74) is 0. The molecule has 0 spiro atoms. The van der Waals surface area contributed by atoms with Crippen molar-refractivity contribution in [1.82, 2.24) is 0 Å². The van der Waals surface area contributed by atoms with Crippen LogP contribution in [0.25, 0.3) is 10.1 Å². The van der Waals surface area contributed by atoms with Gasteiger partial charge in [-0.15, -0.1) is 11.3 Å². The van der Waals surface area contributed by atoms with E-state index in [0.29, 0.717) is 0 Å². The van der Waals surface area contributed by atoms with Crippen LogP contribution >= 0.6 is 11.3 Å². The zero-order valence-corrected chi connectivity index (χ0v) is 8.49. The average Bonchev–Trinajstić information content (AvgIpc) is 2.51. The van der Waals surface area contributed by atoms with Gasteiger partial charge in [-0.3, -0.25) is 4.79 Å². The zero-order valence-electron chi connectivity index (χ0n) is 7.67. The number of hydrogen-bond donors (Lipinski definition) is 1. The molecule has 0 saturated heterocycles. The van der Waals surface area contributed by atoms with Crippen molar-refractivity contribution in [2.75, 3.05) is 0 Å². The van der Waals surface area contributed by atoms with Crippen molar-refractivity contribution in [1.29, 1.82) is 0 Å². The molecule has 5 heteroatoms. The largest absolute Gasteiger partial charge is 0.506 e. The van der Waals surface area contributed by atoms with Crippen LogP contribution < -0.4 is 0 Å². The molecule has 15 heavy (non-hydrogen) atoms. The second-order valence-corrected chi connectivity index (χ2v) is 4.09. The number of hydrogen-bond acceptors (Lipinski definition) is 3. The zero-order chi connectivity index (χ0) is 11.2.